The molecule has 8 heteroatoms. The number of anilines is 1. The predicted octanol–water partition coefficient (Wildman–Crippen LogP) is 5.28. The van der Waals surface area contributed by atoms with Gasteiger partial charge in [0.25, 0.3) is 11.8 Å². The first kappa shape index (κ1) is 22.3. The smallest absolute Gasteiger partial charge is 0.256 e. The summed E-state index contributed by atoms with van der Waals surface area (Å²) in [6.45, 7) is 9.58. The zero-order valence-corrected chi connectivity index (χ0v) is 19.6. The number of benzene rings is 1. The van der Waals surface area contributed by atoms with Gasteiger partial charge in [0.05, 0.1) is 28.4 Å². The van der Waals surface area contributed by atoms with Crippen LogP contribution in [-0.4, -0.2) is 44.6 Å². The van der Waals surface area contributed by atoms with Gasteiger partial charge in [-0.15, -0.1) is 0 Å². The number of carbonyl (C=O) groups excluding carboxylic acids is 2. The van der Waals surface area contributed by atoms with E-state index >= 15 is 0 Å². The van der Waals surface area contributed by atoms with E-state index in [2.05, 4.69) is 10.4 Å². The molecule has 0 atom stereocenters. The van der Waals surface area contributed by atoms with Crippen LogP contribution in [0, 0.1) is 0 Å². The van der Waals surface area contributed by atoms with Crippen molar-refractivity contribution in [1.82, 2.24) is 19.7 Å². The number of halogens is 1. The Morgan fingerprint density at radius 2 is 1.78 bits per heavy atom. The van der Waals surface area contributed by atoms with Crippen LogP contribution in [-0.2, 0) is 0 Å². The van der Waals surface area contributed by atoms with Crippen molar-refractivity contribution in [2.45, 2.75) is 52.5 Å². The molecule has 1 aliphatic heterocycles. The molecule has 0 saturated carbocycles. The minimum Gasteiger partial charge on any atom is -0.339 e. The largest absolute Gasteiger partial charge is 0.339 e. The molecule has 1 aliphatic rings. The maximum absolute atomic E-state index is 13.4. The number of nitrogens with zero attached hydrogens (tertiary/aromatic N) is 4. The van der Waals surface area contributed by atoms with E-state index in [1.165, 1.54) is 0 Å². The summed E-state index contributed by atoms with van der Waals surface area (Å²) in [7, 11) is 0. The summed E-state index contributed by atoms with van der Waals surface area (Å²) in [5, 5.41) is 8.51. The lowest BCUT2D eigenvalue weighted by molar-refractivity contribution is 0.0794. The quantitative estimate of drug-likeness (QED) is 0.570. The molecular weight excluding hydrogens is 426 g/mol. The van der Waals surface area contributed by atoms with Gasteiger partial charge in [-0.05, 0) is 56.9 Å². The predicted molar refractivity (Wildman–Crippen MR) is 127 cm³/mol. The molecule has 168 valence electrons. The Kier molecular flexibility index (Phi) is 6.20. The Hall–Kier alpha value is -2.93. The topological polar surface area (TPSA) is 80.1 Å². The third-order valence-corrected chi connectivity index (χ3v) is 6.00. The molecule has 0 spiro atoms. The molecule has 1 N–H and O–H groups in total. The fourth-order valence-electron chi connectivity index (χ4n) is 3.99. The van der Waals surface area contributed by atoms with Gasteiger partial charge < -0.3 is 10.2 Å². The molecule has 0 radical (unpaired) electrons. The third-order valence-electron chi connectivity index (χ3n) is 5.77. The number of nitrogens with one attached hydrogen (secondary N) is 1. The van der Waals surface area contributed by atoms with Crippen LogP contribution in [0.15, 0.2) is 30.5 Å². The molecule has 1 aromatic carbocycles. The normalized spacial score (nSPS) is 14.0. The van der Waals surface area contributed by atoms with Gasteiger partial charge in [0, 0.05) is 29.8 Å². The van der Waals surface area contributed by atoms with Crippen molar-refractivity contribution < 1.29 is 9.59 Å². The Bertz CT molecular complexity index is 1180. The molecular formula is C24H28ClN5O2. The van der Waals surface area contributed by atoms with Gasteiger partial charge in [0.2, 0.25) is 0 Å². The Balaban J connectivity index is 1.75. The average molecular weight is 454 g/mol. The SMILES string of the molecule is CC(C)c1cc(C(=O)Nc2cc(Cl)ccc2C(=O)N2CCCC2)c2cnn(C(C)C)c2n1. The summed E-state index contributed by atoms with van der Waals surface area (Å²) >= 11 is 6.21. The standard InChI is InChI=1S/C24H28ClN5O2/c1-14(2)20-12-18(19-13-26-30(15(3)4)22(19)27-20)23(31)28-21-11-16(25)7-8-17(21)24(32)29-9-5-6-10-29/h7-8,11-15H,5-6,9-10H2,1-4H3,(H,28,31). The van der Waals surface area contributed by atoms with Crippen molar-refractivity contribution in [1.29, 1.82) is 0 Å². The maximum atomic E-state index is 13.4. The van der Waals surface area contributed by atoms with E-state index < -0.39 is 0 Å². The zero-order chi connectivity index (χ0) is 23.0. The number of aromatic nitrogens is 3. The number of likely N-dealkylation sites (tertiary alicyclic amines) is 1. The Labute approximate surface area is 192 Å². The lowest BCUT2D eigenvalue weighted by Gasteiger charge is -2.18. The summed E-state index contributed by atoms with van der Waals surface area (Å²) in [5.41, 5.74) is 2.81. The van der Waals surface area contributed by atoms with Crippen molar-refractivity contribution in [2.24, 2.45) is 0 Å². The van der Waals surface area contributed by atoms with E-state index in [1.807, 2.05) is 37.3 Å². The van der Waals surface area contributed by atoms with Gasteiger partial charge in [0.1, 0.15) is 0 Å². The van der Waals surface area contributed by atoms with Gasteiger partial charge in [-0.25, -0.2) is 9.67 Å². The molecule has 2 amide bonds. The summed E-state index contributed by atoms with van der Waals surface area (Å²) in [4.78, 5) is 33.1. The summed E-state index contributed by atoms with van der Waals surface area (Å²) in [6, 6.07) is 6.89. The second-order valence-corrected chi connectivity index (χ2v) is 9.25. The van der Waals surface area contributed by atoms with Crippen LogP contribution in [0.3, 0.4) is 0 Å². The van der Waals surface area contributed by atoms with Crippen molar-refractivity contribution in [3.8, 4) is 0 Å². The minimum atomic E-state index is -0.319. The van der Waals surface area contributed by atoms with E-state index in [-0.39, 0.29) is 23.8 Å². The number of hydrogen-bond donors (Lipinski definition) is 1. The molecule has 3 aromatic rings. The van der Waals surface area contributed by atoms with Crippen molar-refractivity contribution in [3.63, 3.8) is 0 Å². The molecule has 1 saturated heterocycles. The zero-order valence-electron chi connectivity index (χ0n) is 18.9. The second-order valence-electron chi connectivity index (χ2n) is 8.81. The van der Waals surface area contributed by atoms with E-state index in [4.69, 9.17) is 16.6 Å². The highest BCUT2D eigenvalue weighted by Crippen LogP contribution is 2.28. The van der Waals surface area contributed by atoms with Gasteiger partial charge in [-0.2, -0.15) is 5.10 Å². The molecule has 0 bridgehead atoms. The fourth-order valence-corrected chi connectivity index (χ4v) is 4.16. The number of rotatable bonds is 5. The molecule has 1 fully saturated rings. The molecule has 4 rings (SSSR count). The molecule has 2 aromatic heterocycles. The number of pyridine rings is 1. The van der Waals surface area contributed by atoms with E-state index in [0.29, 0.717) is 32.9 Å². The van der Waals surface area contributed by atoms with Crippen LogP contribution in [0.25, 0.3) is 11.0 Å². The average Bonchev–Trinajstić information content (AvgIpc) is 3.42. The second kappa shape index (κ2) is 8.90. The molecule has 7 nitrogen and oxygen atoms in total. The lowest BCUT2D eigenvalue weighted by atomic mass is 10.0. The first-order valence-electron chi connectivity index (χ1n) is 11.0. The van der Waals surface area contributed by atoms with Gasteiger partial charge >= 0.3 is 0 Å². The van der Waals surface area contributed by atoms with Crippen LogP contribution >= 0.6 is 11.6 Å². The molecule has 0 unspecified atom stereocenters. The molecule has 0 aliphatic carbocycles. The van der Waals surface area contributed by atoms with Gasteiger partial charge in [-0.3, -0.25) is 9.59 Å². The van der Waals surface area contributed by atoms with Crippen molar-refractivity contribution >= 4 is 40.1 Å². The molecule has 3 heterocycles. The maximum Gasteiger partial charge on any atom is 0.256 e. The molecule has 32 heavy (non-hydrogen) atoms. The Morgan fingerprint density at radius 3 is 2.44 bits per heavy atom. The fraction of sp³-hybridized carbons (Fsp3) is 0.417. The highest BCUT2D eigenvalue weighted by Gasteiger charge is 2.24. The van der Waals surface area contributed by atoms with E-state index in [1.54, 1.807) is 30.5 Å². The third kappa shape index (κ3) is 4.21. The minimum absolute atomic E-state index is 0.0927. The van der Waals surface area contributed by atoms with Crippen LogP contribution in [0.5, 0.6) is 0 Å². The van der Waals surface area contributed by atoms with Gasteiger partial charge in [0.15, 0.2) is 5.65 Å². The number of amides is 2. The van der Waals surface area contributed by atoms with Crippen molar-refractivity contribution in [3.05, 3.63) is 52.3 Å². The summed E-state index contributed by atoms with van der Waals surface area (Å²) in [5.74, 6) is -0.273. The summed E-state index contributed by atoms with van der Waals surface area (Å²) < 4.78 is 1.82. The van der Waals surface area contributed by atoms with Crippen LogP contribution in [0.1, 0.15) is 78.9 Å². The Morgan fingerprint density at radius 1 is 1.06 bits per heavy atom. The number of hydrogen-bond acceptors (Lipinski definition) is 4. The first-order valence-corrected chi connectivity index (χ1v) is 11.4. The van der Waals surface area contributed by atoms with Gasteiger partial charge in [-0.1, -0.05) is 25.4 Å². The van der Waals surface area contributed by atoms with Crippen LogP contribution in [0.4, 0.5) is 5.69 Å². The monoisotopic (exact) mass is 453 g/mol. The highest BCUT2D eigenvalue weighted by molar-refractivity contribution is 6.31. The summed E-state index contributed by atoms with van der Waals surface area (Å²) in [6.07, 6.45) is 3.66. The van der Waals surface area contributed by atoms with E-state index in [0.717, 1.165) is 31.6 Å². The highest BCUT2D eigenvalue weighted by atomic mass is 35.5. The van der Waals surface area contributed by atoms with E-state index in [9.17, 15) is 9.59 Å². The van der Waals surface area contributed by atoms with Crippen LogP contribution < -0.4 is 5.32 Å². The first-order chi connectivity index (χ1) is 15.3. The number of carbonyl (C=O) groups is 2. The van der Waals surface area contributed by atoms with Crippen molar-refractivity contribution in [2.75, 3.05) is 18.4 Å². The lowest BCUT2D eigenvalue weighted by Crippen LogP contribution is -2.29. The number of fused-ring (bicyclic) bond motifs is 1. The van der Waals surface area contributed by atoms with Crippen LogP contribution in [0.2, 0.25) is 5.02 Å².